The number of fused-ring (bicyclic) bond motifs is 4. The van der Waals surface area contributed by atoms with Gasteiger partial charge in [-0.25, -0.2) is 0 Å². The first-order valence-electron chi connectivity index (χ1n) is 10.2. The van der Waals surface area contributed by atoms with Gasteiger partial charge in [-0.15, -0.1) is 0 Å². The number of furan rings is 2. The van der Waals surface area contributed by atoms with Crippen LogP contribution in [0.25, 0.3) is 55.5 Å². The molecule has 4 heterocycles. The monoisotopic (exact) mass is 407 g/mol. The van der Waals surface area contributed by atoms with Crippen LogP contribution in [0.2, 0.25) is 0 Å². The molecule has 1 N–H and O–H groups in total. The smallest absolute Gasteiger partial charge is 0.231 e. The fourth-order valence-corrected chi connectivity index (χ4v) is 4.60. The van der Waals surface area contributed by atoms with Crippen LogP contribution in [-0.2, 0) is 0 Å². The first-order chi connectivity index (χ1) is 15.3. The fraction of sp³-hybridized carbons (Fsp3) is 0.0769. The van der Waals surface area contributed by atoms with Crippen molar-refractivity contribution in [3.05, 3.63) is 72.4 Å². The Bertz CT molecular complexity index is 1600. The van der Waals surface area contributed by atoms with E-state index in [9.17, 15) is 0 Å². The Morgan fingerprint density at radius 1 is 0.742 bits per heavy atom. The van der Waals surface area contributed by atoms with Crippen molar-refractivity contribution in [3.63, 3.8) is 0 Å². The summed E-state index contributed by atoms with van der Waals surface area (Å²) in [4.78, 5) is 3.51. The summed E-state index contributed by atoms with van der Waals surface area (Å²) in [6, 6.07) is 22.2. The van der Waals surface area contributed by atoms with Crippen LogP contribution in [0.3, 0.4) is 0 Å². The van der Waals surface area contributed by atoms with Gasteiger partial charge in [-0.2, -0.15) is 0 Å². The SMILES string of the molecule is Cc1[nH]c2ccccc2c1-c1c(-c2cc3ccccc3o2)oc2cc3c(cc12)OCO3. The van der Waals surface area contributed by atoms with E-state index >= 15 is 0 Å². The molecule has 0 amide bonds. The maximum absolute atomic E-state index is 6.42. The first kappa shape index (κ1) is 16.7. The quantitative estimate of drug-likeness (QED) is 0.335. The van der Waals surface area contributed by atoms with E-state index in [1.54, 1.807) is 0 Å². The van der Waals surface area contributed by atoms with Gasteiger partial charge < -0.3 is 23.3 Å². The zero-order valence-corrected chi connectivity index (χ0v) is 16.7. The van der Waals surface area contributed by atoms with Crippen molar-refractivity contribution in [3.8, 4) is 34.1 Å². The van der Waals surface area contributed by atoms with Gasteiger partial charge in [0, 0.05) is 44.6 Å². The molecule has 1 aliphatic heterocycles. The summed E-state index contributed by atoms with van der Waals surface area (Å²) in [5, 5.41) is 3.14. The Morgan fingerprint density at radius 3 is 2.45 bits per heavy atom. The summed E-state index contributed by atoms with van der Waals surface area (Å²) in [6.07, 6.45) is 0. The van der Waals surface area contributed by atoms with Crippen molar-refractivity contribution in [2.75, 3.05) is 6.79 Å². The van der Waals surface area contributed by atoms with Gasteiger partial charge in [0.2, 0.25) is 6.79 Å². The molecule has 31 heavy (non-hydrogen) atoms. The fourth-order valence-electron chi connectivity index (χ4n) is 4.60. The molecule has 6 aromatic rings. The minimum atomic E-state index is 0.222. The number of rotatable bonds is 2. The number of H-pyrrole nitrogens is 1. The summed E-state index contributed by atoms with van der Waals surface area (Å²) >= 11 is 0. The van der Waals surface area contributed by atoms with Gasteiger partial charge in [0.25, 0.3) is 0 Å². The third kappa shape index (κ3) is 2.31. The normalized spacial score (nSPS) is 13.1. The van der Waals surface area contributed by atoms with Gasteiger partial charge in [0.1, 0.15) is 11.2 Å². The topological polar surface area (TPSA) is 60.5 Å². The highest BCUT2D eigenvalue weighted by Gasteiger charge is 2.27. The molecule has 150 valence electrons. The lowest BCUT2D eigenvalue weighted by Crippen LogP contribution is -1.92. The molecule has 5 nitrogen and oxygen atoms in total. The van der Waals surface area contributed by atoms with E-state index in [2.05, 4.69) is 30.1 Å². The van der Waals surface area contributed by atoms with E-state index in [-0.39, 0.29) is 6.79 Å². The van der Waals surface area contributed by atoms with Crippen LogP contribution in [-0.4, -0.2) is 11.8 Å². The van der Waals surface area contributed by atoms with Crippen molar-refractivity contribution >= 4 is 32.8 Å². The third-order valence-corrected chi connectivity index (χ3v) is 5.98. The van der Waals surface area contributed by atoms with Gasteiger partial charge in [-0.05, 0) is 31.2 Å². The second-order valence-corrected chi connectivity index (χ2v) is 7.83. The van der Waals surface area contributed by atoms with E-state index in [0.717, 1.165) is 55.4 Å². The van der Waals surface area contributed by atoms with Gasteiger partial charge in [-0.3, -0.25) is 0 Å². The number of aryl methyl sites for hydroxylation is 1. The highest BCUT2D eigenvalue weighted by Crippen LogP contribution is 2.48. The molecule has 0 saturated heterocycles. The molecule has 3 aromatic heterocycles. The van der Waals surface area contributed by atoms with Gasteiger partial charge in [0.15, 0.2) is 23.0 Å². The molecule has 7 rings (SSSR count). The van der Waals surface area contributed by atoms with Crippen LogP contribution in [0.4, 0.5) is 0 Å². The average molecular weight is 407 g/mol. The molecule has 0 atom stereocenters. The zero-order valence-electron chi connectivity index (χ0n) is 16.7. The van der Waals surface area contributed by atoms with Crippen LogP contribution in [0, 0.1) is 6.92 Å². The lowest BCUT2D eigenvalue weighted by atomic mass is 9.97. The van der Waals surface area contributed by atoms with Crippen LogP contribution in [0.15, 0.2) is 75.6 Å². The van der Waals surface area contributed by atoms with Crippen molar-refractivity contribution < 1.29 is 18.3 Å². The summed E-state index contributed by atoms with van der Waals surface area (Å²) < 4.78 is 23.9. The van der Waals surface area contributed by atoms with E-state index in [1.807, 2.05) is 48.5 Å². The van der Waals surface area contributed by atoms with E-state index in [1.165, 1.54) is 0 Å². The molecular weight excluding hydrogens is 390 g/mol. The third-order valence-electron chi connectivity index (χ3n) is 5.98. The first-order valence-corrected chi connectivity index (χ1v) is 10.2. The molecule has 0 unspecified atom stereocenters. The van der Waals surface area contributed by atoms with Crippen LogP contribution in [0.1, 0.15) is 5.69 Å². The Labute approximate surface area is 176 Å². The highest BCUT2D eigenvalue weighted by molar-refractivity contribution is 6.10. The number of hydrogen-bond donors (Lipinski definition) is 1. The van der Waals surface area contributed by atoms with Crippen LogP contribution < -0.4 is 9.47 Å². The summed E-state index contributed by atoms with van der Waals surface area (Å²) in [5.41, 5.74) is 5.80. The molecule has 3 aromatic carbocycles. The predicted octanol–water partition coefficient (Wildman–Crippen LogP) is 7.03. The standard InChI is InChI=1S/C26H17NO4/c1-14-24(16-7-3-4-8-18(16)27-14)25-17-11-21-22(29-13-28-21)12-20(17)31-26(25)23-10-15-6-2-5-9-19(15)30-23/h2-12,27H,13H2,1H3. The molecule has 0 radical (unpaired) electrons. The zero-order chi connectivity index (χ0) is 20.5. The van der Waals surface area contributed by atoms with Crippen LogP contribution in [0.5, 0.6) is 11.5 Å². The predicted molar refractivity (Wildman–Crippen MR) is 120 cm³/mol. The van der Waals surface area contributed by atoms with Gasteiger partial charge >= 0.3 is 0 Å². The number of nitrogens with one attached hydrogen (secondary N) is 1. The molecule has 0 saturated carbocycles. The number of aromatic nitrogens is 1. The highest BCUT2D eigenvalue weighted by atomic mass is 16.7. The second-order valence-electron chi connectivity index (χ2n) is 7.83. The number of para-hydroxylation sites is 2. The summed E-state index contributed by atoms with van der Waals surface area (Å²) in [7, 11) is 0. The summed E-state index contributed by atoms with van der Waals surface area (Å²) in [5.74, 6) is 2.81. The Morgan fingerprint density at radius 2 is 1.55 bits per heavy atom. The maximum atomic E-state index is 6.42. The van der Waals surface area contributed by atoms with E-state index in [0.29, 0.717) is 17.3 Å². The largest absolute Gasteiger partial charge is 0.454 e. The molecule has 1 aliphatic rings. The summed E-state index contributed by atoms with van der Waals surface area (Å²) in [6.45, 7) is 2.31. The molecule has 0 fully saturated rings. The molecular formula is C26H17NO4. The van der Waals surface area contributed by atoms with Crippen molar-refractivity contribution in [1.29, 1.82) is 0 Å². The average Bonchev–Trinajstić information content (AvgIpc) is 3.54. The lowest BCUT2D eigenvalue weighted by Gasteiger charge is -2.03. The van der Waals surface area contributed by atoms with E-state index in [4.69, 9.17) is 18.3 Å². The second kappa shape index (κ2) is 5.95. The Balaban J connectivity index is 1.61. The number of aromatic amines is 1. The molecule has 5 heteroatoms. The molecule has 0 spiro atoms. The number of ether oxygens (including phenoxy) is 2. The van der Waals surface area contributed by atoms with Crippen molar-refractivity contribution in [1.82, 2.24) is 4.98 Å². The van der Waals surface area contributed by atoms with E-state index < -0.39 is 0 Å². The van der Waals surface area contributed by atoms with Crippen molar-refractivity contribution in [2.24, 2.45) is 0 Å². The van der Waals surface area contributed by atoms with Gasteiger partial charge in [0.05, 0.1) is 0 Å². The maximum Gasteiger partial charge on any atom is 0.231 e. The minimum absolute atomic E-state index is 0.222. The lowest BCUT2D eigenvalue weighted by molar-refractivity contribution is 0.174. The Kier molecular flexibility index (Phi) is 3.20. The van der Waals surface area contributed by atoms with Crippen molar-refractivity contribution in [2.45, 2.75) is 6.92 Å². The molecule has 0 aliphatic carbocycles. The minimum Gasteiger partial charge on any atom is -0.454 e. The number of hydrogen-bond acceptors (Lipinski definition) is 4. The van der Waals surface area contributed by atoms with Crippen LogP contribution >= 0.6 is 0 Å². The van der Waals surface area contributed by atoms with Gasteiger partial charge in [-0.1, -0.05) is 36.4 Å². The molecule has 0 bridgehead atoms. The Hall–Kier alpha value is -4.12. The number of benzene rings is 3.